The fourth-order valence-corrected chi connectivity index (χ4v) is 2.69. The number of ether oxygens (including phenoxy) is 1. The lowest BCUT2D eigenvalue weighted by Gasteiger charge is -2.13. The molecule has 0 saturated carbocycles. The SMILES string of the molecule is CC(C)CNCc1ccccc1OCCc1cccs1. The van der Waals surface area contributed by atoms with E-state index in [0.717, 1.165) is 31.9 Å². The van der Waals surface area contributed by atoms with E-state index < -0.39 is 0 Å². The number of nitrogens with one attached hydrogen (secondary N) is 1. The first kappa shape index (κ1) is 15.1. The van der Waals surface area contributed by atoms with Crippen LogP contribution in [-0.2, 0) is 13.0 Å². The second-order valence-electron chi connectivity index (χ2n) is 5.31. The van der Waals surface area contributed by atoms with Gasteiger partial charge < -0.3 is 10.1 Å². The lowest BCUT2D eigenvalue weighted by molar-refractivity contribution is 0.318. The summed E-state index contributed by atoms with van der Waals surface area (Å²) in [6, 6.07) is 12.5. The van der Waals surface area contributed by atoms with Crippen molar-refractivity contribution in [3.05, 3.63) is 52.2 Å². The average Bonchev–Trinajstić information content (AvgIpc) is 2.93. The zero-order valence-corrected chi connectivity index (χ0v) is 13.1. The van der Waals surface area contributed by atoms with E-state index in [1.54, 1.807) is 11.3 Å². The molecule has 0 amide bonds. The summed E-state index contributed by atoms with van der Waals surface area (Å²) in [4.78, 5) is 1.38. The van der Waals surface area contributed by atoms with Crippen molar-refractivity contribution in [3.8, 4) is 5.75 Å². The molecule has 3 heteroatoms. The fraction of sp³-hybridized carbons (Fsp3) is 0.412. The molecule has 1 aromatic heterocycles. The third kappa shape index (κ3) is 4.99. The average molecular weight is 289 g/mol. The van der Waals surface area contributed by atoms with Crippen molar-refractivity contribution in [1.82, 2.24) is 5.32 Å². The topological polar surface area (TPSA) is 21.3 Å². The zero-order chi connectivity index (χ0) is 14.2. The van der Waals surface area contributed by atoms with Crippen molar-refractivity contribution in [2.75, 3.05) is 13.2 Å². The summed E-state index contributed by atoms with van der Waals surface area (Å²) >= 11 is 1.79. The Bertz CT molecular complexity index is 493. The molecule has 0 radical (unpaired) electrons. The fourth-order valence-electron chi connectivity index (χ4n) is 2.00. The molecule has 0 fully saturated rings. The predicted molar refractivity (Wildman–Crippen MR) is 86.5 cm³/mol. The molecule has 0 saturated heterocycles. The highest BCUT2D eigenvalue weighted by Gasteiger charge is 2.03. The molecular formula is C17H23NOS. The van der Waals surface area contributed by atoms with E-state index in [1.807, 2.05) is 6.07 Å². The maximum absolute atomic E-state index is 5.93. The van der Waals surface area contributed by atoms with E-state index in [0.29, 0.717) is 5.92 Å². The van der Waals surface area contributed by atoms with Gasteiger partial charge in [-0.25, -0.2) is 0 Å². The number of hydrogen-bond acceptors (Lipinski definition) is 3. The Hall–Kier alpha value is -1.32. The van der Waals surface area contributed by atoms with Gasteiger partial charge in [-0.05, 0) is 30.0 Å². The van der Waals surface area contributed by atoms with Gasteiger partial charge in [0.25, 0.3) is 0 Å². The van der Waals surface area contributed by atoms with Gasteiger partial charge >= 0.3 is 0 Å². The molecule has 1 heterocycles. The highest BCUT2D eigenvalue weighted by atomic mass is 32.1. The van der Waals surface area contributed by atoms with Gasteiger partial charge in [-0.2, -0.15) is 0 Å². The van der Waals surface area contributed by atoms with Crippen LogP contribution >= 0.6 is 11.3 Å². The zero-order valence-electron chi connectivity index (χ0n) is 12.3. The molecule has 0 aliphatic carbocycles. The second-order valence-corrected chi connectivity index (χ2v) is 6.34. The molecule has 2 aromatic rings. The molecule has 0 bridgehead atoms. The van der Waals surface area contributed by atoms with Crippen molar-refractivity contribution < 1.29 is 4.74 Å². The minimum absolute atomic E-state index is 0.668. The Morgan fingerprint density at radius 2 is 2.00 bits per heavy atom. The van der Waals surface area contributed by atoms with Crippen LogP contribution in [0.3, 0.4) is 0 Å². The van der Waals surface area contributed by atoms with Gasteiger partial charge in [-0.3, -0.25) is 0 Å². The molecule has 108 valence electrons. The largest absolute Gasteiger partial charge is 0.493 e. The molecule has 0 aliphatic rings. The molecule has 0 unspecified atom stereocenters. The van der Waals surface area contributed by atoms with Crippen LogP contribution in [0.2, 0.25) is 0 Å². The lowest BCUT2D eigenvalue weighted by Crippen LogP contribution is -2.19. The van der Waals surface area contributed by atoms with E-state index in [2.05, 4.69) is 54.9 Å². The molecule has 2 nitrogen and oxygen atoms in total. The third-order valence-corrected chi connectivity index (χ3v) is 3.96. The predicted octanol–water partition coefficient (Wildman–Crippen LogP) is 4.12. The molecular weight excluding hydrogens is 266 g/mol. The van der Waals surface area contributed by atoms with Crippen molar-refractivity contribution in [2.24, 2.45) is 5.92 Å². The van der Waals surface area contributed by atoms with Gasteiger partial charge in [0.15, 0.2) is 0 Å². The standard InChI is InChI=1S/C17H23NOS/c1-14(2)12-18-13-15-6-3-4-8-17(15)19-10-9-16-7-5-11-20-16/h3-8,11,14,18H,9-10,12-13H2,1-2H3. The first-order chi connectivity index (χ1) is 9.75. The Morgan fingerprint density at radius 3 is 2.75 bits per heavy atom. The monoisotopic (exact) mass is 289 g/mol. The van der Waals surface area contributed by atoms with Crippen LogP contribution in [0.5, 0.6) is 5.75 Å². The highest BCUT2D eigenvalue weighted by molar-refractivity contribution is 7.09. The minimum atomic E-state index is 0.668. The van der Waals surface area contributed by atoms with Gasteiger partial charge in [0.1, 0.15) is 5.75 Å². The van der Waals surface area contributed by atoms with Crippen LogP contribution in [0.4, 0.5) is 0 Å². The normalized spacial score (nSPS) is 10.9. The van der Waals surface area contributed by atoms with E-state index in [-0.39, 0.29) is 0 Å². The van der Waals surface area contributed by atoms with Crippen LogP contribution in [0.15, 0.2) is 41.8 Å². The van der Waals surface area contributed by atoms with Gasteiger partial charge in [0.05, 0.1) is 6.61 Å². The lowest BCUT2D eigenvalue weighted by atomic mass is 10.2. The third-order valence-electron chi connectivity index (χ3n) is 3.03. The van der Waals surface area contributed by atoms with Crippen molar-refractivity contribution in [2.45, 2.75) is 26.8 Å². The summed E-state index contributed by atoms with van der Waals surface area (Å²) in [5.74, 6) is 1.67. The van der Waals surface area contributed by atoms with E-state index >= 15 is 0 Å². The summed E-state index contributed by atoms with van der Waals surface area (Å²) in [6.45, 7) is 7.07. The van der Waals surface area contributed by atoms with Crippen molar-refractivity contribution in [1.29, 1.82) is 0 Å². The summed E-state index contributed by atoms with van der Waals surface area (Å²) in [6.07, 6.45) is 0.978. The molecule has 1 aromatic carbocycles. The maximum atomic E-state index is 5.93. The first-order valence-electron chi connectivity index (χ1n) is 7.19. The molecule has 1 N–H and O–H groups in total. The van der Waals surface area contributed by atoms with E-state index in [1.165, 1.54) is 10.4 Å². The highest BCUT2D eigenvalue weighted by Crippen LogP contribution is 2.18. The van der Waals surface area contributed by atoms with E-state index in [4.69, 9.17) is 4.74 Å². The number of benzene rings is 1. The van der Waals surface area contributed by atoms with Crippen LogP contribution < -0.4 is 10.1 Å². The Balaban J connectivity index is 1.83. The summed E-state index contributed by atoms with van der Waals surface area (Å²) in [7, 11) is 0. The van der Waals surface area contributed by atoms with Crippen LogP contribution in [0, 0.1) is 5.92 Å². The van der Waals surface area contributed by atoms with Crippen LogP contribution in [0.25, 0.3) is 0 Å². The Labute approximate surface area is 125 Å². The number of thiophene rings is 1. The van der Waals surface area contributed by atoms with Gasteiger partial charge in [-0.15, -0.1) is 11.3 Å². The Morgan fingerprint density at radius 1 is 1.15 bits per heavy atom. The van der Waals surface area contributed by atoms with E-state index in [9.17, 15) is 0 Å². The minimum Gasteiger partial charge on any atom is -0.493 e. The van der Waals surface area contributed by atoms with Crippen LogP contribution in [-0.4, -0.2) is 13.2 Å². The van der Waals surface area contributed by atoms with Crippen molar-refractivity contribution in [3.63, 3.8) is 0 Å². The maximum Gasteiger partial charge on any atom is 0.123 e. The quantitative estimate of drug-likeness (QED) is 0.789. The van der Waals surface area contributed by atoms with Crippen molar-refractivity contribution >= 4 is 11.3 Å². The number of rotatable bonds is 8. The molecule has 20 heavy (non-hydrogen) atoms. The molecule has 2 rings (SSSR count). The van der Waals surface area contributed by atoms with Gasteiger partial charge in [-0.1, -0.05) is 38.1 Å². The second kappa shape index (κ2) is 8.08. The Kier molecular flexibility index (Phi) is 6.09. The smallest absolute Gasteiger partial charge is 0.123 e. The number of hydrogen-bond donors (Lipinski definition) is 1. The summed E-state index contributed by atoms with van der Waals surface area (Å²) in [5.41, 5.74) is 1.24. The van der Waals surface area contributed by atoms with Gasteiger partial charge in [0, 0.05) is 23.4 Å². The van der Waals surface area contributed by atoms with Gasteiger partial charge in [0.2, 0.25) is 0 Å². The molecule has 0 aliphatic heterocycles. The van der Waals surface area contributed by atoms with Crippen LogP contribution in [0.1, 0.15) is 24.3 Å². The molecule has 0 spiro atoms. The summed E-state index contributed by atoms with van der Waals surface area (Å²) in [5, 5.41) is 5.58. The first-order valence-corrected chi connectivity index (χ1v) is 8.07. The number of para-hydroxylation sites is 1. The molecule has 0 atom stereocenters. The summed E-state index contributed by atoms with van der Waals surface area (Å²) < 4.78 is 5.93.